The molecule has 0 unspecified atom stereocenters. The number of aromatic hydroxyl groups is 3. The van der Waals surface area contributed by atoms with Crippen molar-refractivity contribution in [2.45, 2.75) is 207 Å². The molecule has 0 aliphatic carbocycles. The van der Waals surface area contributed by atoms with Gasteiger partial charge >= 0.3 is 0 Å². The number of phenolic OH excluding ortho intramolecular Hbond substituents is 3. The maximum Gasteiger partial charge on any atom is 0.248 e. The first-order valence-electron chi connectivity index (χ1n) is 38.5. The minimum Gasteiger partial charge on any atom is -0.508 e. The molecule has 0 spiro atoms. The van der Waals surface area contributed by atoms with E-state index < -0.39 is 250 Å². The maximum atomic E-state index is 16.6. The van der Waals surface area contributed by atoms with Crippen LogP contribution in [0.4, 0.5) is 0 Å². The number of fused-ring (bicyclic) bond motifs is 15. The number of halogens is 2. The standard InChI is InChI=1S/C81H97Cl2N11O25/c1-33(2)21-46(87-7)72(105)93-62-64(100)38-14-17-50(44(82)23-38)114-52-25-40-26-53(68(52)119-79-69(66(102)65(101)54(32-95)116-79)118-57-31-81(6,86)71(104)35(4)113-57)115-51-18-15-39(24-45(51)83)67(117-56-30-80(5,85)70(103)34(3)112-56)63-78(111)92-61(74(107)88-20-19-36-11-9-8-10-12-36)43-27-41(96)28-49(98)58(43)42-22-37(13-16-48(42)97)59(75(108)94-63)91-76(109)60(40)90-73(106)47(29-55(84)99)89-77(62)110/h8-18,22-28,33-35,46-47,54,56-57,59-67,69-71,79,87,95-98,100-104H,19-21,29-32,85-86H2,1-7H3,(H2,84,99)(H,88,107)(H,89,110)(H,90,106)(H,91,109)(H,92,111)(H,93,105)(H,94,108)/t34-,35-,46+,47-,54+,56-,57-,59+,60+,61-,62+,63-,64+,65+,66-,67+,69+,70-,71+,79-,80-,81-/m0/s1. The largest absolute Gasteiger partial charge is 0.508 e. The Hall–Kier alpha value is -10.1. The number of phenols is 3. The molecule has 8 heterocycles. The molecule has 119 heavy (non-hydrogen) atoms. The quantitative estimate of drug-likeness (QED) is 0.0581. The molecule has 8 amide bonds. The molecular formula is C81H97Cl2N11O25. The summed E-state index contributed by atoms with van der Waals surface area (Å²) in [7, 11) is 1.48. The van der Waals surface area contributed by atoms with Crippen LogP contribution in [0.1, 0.15) is 131 Å². The Morgan fingerprint density at radius 1 is 0.647 bits per heavy atom. The summed E-state index contributed by atoms with van der Waals surface area (Å²) in [6, 6.07) is 9.61. The van der Waals surface area contributed by atoms with Crippen molar-refractivity contribution in [2.24, 2.45) is 23.1 Å². The van der Waals surface area contributed by atoms with Crippen LogP contribution < -0.4 is 73.9 Å². The van der Waals surface area contributed by atoms with Crippen molar-refractivity contribution in [3.63, 3.8) is 0 Å². The van der Waals surface area contributed by atoms with Crippen LogP contribution in [0.2, 0.25) is 10.0 Å². The summed E-state index contributed by atoms with van der Waals surface area (Å²) < 4.78 is 52.2. The van der Waals surface area contributed by atoms with Crippen molar-refractivity contribution in [2.75, 3.05) is 20.2 Å². The van der Waals surface area contributed by atoms with Gasteiger partial charge in [-0.05, 0) is 141 Å². The summed E-state index contributed by atoms with van der Waals surface area (Å²) >= 11 is 14.6. The number of primary amides is 1. The van der Waals surface area contributed by atoms with Gasteiger partial charge < -0.3 is 144 Å². The minimum absolute atomic E-state index is 0.0789. The monoisotopic (exact) mass is 1690 g/mol. The summed E-state index contributed by atoms with van der Waals surface area (Å²) in [5, 5.41) is 125. The highest BCUT2D eigenvalue weighted by Crippen LogP contribution is 2.50. The van der Waals surface area contributed by atoms with Crippen molar-refractivity contribution < 1.29 is 122 Å². The van der Waals surface area contributed by atoms with Gasteiger partial charge in [0.05, 0.1) is 53.5 Å². The Morgan fingerprint density at radius 2 is 1.24 bits per heavy atom. The first-order chi connectivity index (χ1) is 56.3. The minimum atomic E-state index is -2.37. The first-order valence-corrected chi connectivity index (χ1v) is 39.2. The molecule has 3 saturated heterocycles. The second-order valence-corrected chi connectivity index (χ2v) is 32.3. The van der Waals surface area contributed by atoms with E-state index in [-0.39, 0.29) is 76.9 Å². The van der Waals surface area contributed by atoms with Gasteiger partial charge in [-0.25, -0.2) is 0 Å². The van der Waals surface area contributed by atoms with Crippen molar-refractivity contribution >= 4 is 70.5 Å². The van der Waals surface area contributed by atoms with Crippen LogP contribution in [0.3, 0.4) is 0 Å². The summed E-state index contributed by atoms with van der Waals surface area (Å²) in [5.74, 6) is -14.7. The molecule has 6 aromatic rings. The van der Waals surface area contributed by atoms with Crippen molar-refractivity contribution in [1.82, 2.24) is 42.5 Å². The van der Waals surface area contributed by atoms with Crippen LogP contribution in [0.15, 0.2) is 109 Å². The average molecular weight is 1700 g/mol. The lowest BCUT2D eigenvalue weighted by Gasteiger charge is -2.47. The number of rotatable bonds is 18. The van der Waals surface area contributed by atoms with Gasteiger partial charge in [0.25, 0.3) is 0 Å². The molecule has 38 heteroatoms. The molecule has 6 aromatic carbocycles. The average Bonchev–Trinajstić information content (AvgIpc) is 0.763. The highest BCUT2D eigenvalue weighted by atomic mass is 35.5. The lowest BCUT2D eigenvalue weighted by Crippen LogP contribution is -2.64. The molecule has 8 aliphatic rings. The Labute approximate surface area is 691 Å². The third-order valence-corrected chi connectivity index (χ3v) is 22.3. The van der Waals surface area contributed by atoms with E-state index in [1.807, 2.05) is 13.8 Å². The van der Waals surface area contributed by atoms with Crippen LogP contribution in [0, 0.1) is 5.92 Å². The van der Waals surface area contributed by atoms with Crippen molar-refractivity contribution in [3.8, 4) is 57.1 Å². The number of aliphatic hydroxyl groups excluding tert-OH is 6. The Bertz CT molecular complexity index is 4820. The van der Waals surface area contributed by atoms with E-state index in [9.17, 15) is 55.5 Å². The fourth-order valence-electron chi connectivity index (χ4n) is 15.3. The van der Waals surface area contributed by atoms with Gasteiger partial charge in [0.2, 0.25) is 59.3 Å². The third-order valence-electron chi connectivity index (χ3n) is 21.7. The molecule has 22 atom stereocenters. The van der Waals surface area contributed by atoms with Gasteiger partial charge in [-0.3, -0.25) is 38.4 Å². The van der Waals surface area contributed by atoms with Gasteiger partial charge in [-0.15, -0.1) is 0 Å². The second-order valence-electron chi connectivity index (χ2n) is 31.4. The predicted octanol–water partition coefficient (Wildman–Crippen LogP) is 1.62. The first kappa shape index (κ1) is 88.2. The number of carbonyl (C=O) groups excluding carboxylic acids is 8. The van der Waals surface area contributed by atoms with Gasteiger partial charge in [-0.2, -0.15) is 0 Å². The number of likely N-dealkylation sites (N-methyl/N-ethyl adjacent to an activating group) is 1. The topological polar surface area (TPSA) is 567 Å². The smallest absolute Gasteiger partial charge is 0.248 e. The molecule has 14 rings (SSSR count). The van der Waals surface area contributed by atoms with Crippen LogP contribution in [0.5, 0.6) is 46.0 Å². The van der Waals surface area contributed by atoms with Gasteiger partial charge in [-0.1, -0.05) is 85.6 Å². The number of nitrogens with two attached hydrogens (primary N) is 3. The second kappa shape index (κ2) is 36.5. The van der Waals surface area contributed by atoms with Crippen LogP contribution in [-0.4, -0.2) is 216 Å². The zero-order chi connectivity index (χ0) is 86.1. The van der Waals surface area contributed by atoms with Crippen LogP contribution in [0.25, 0.3) is 11.1 Å². The third kappa shape index (κ3) is 19.5. The molecule has 23 N–H and O–H groups in total. The number of hydrogen-bond acceptors (Lipinski definition) is 28. The summed E-state index contributed by atoms with van der Waals surface area (Å²) in [5.41, 5.74) is 14.8. The fraction of sp³-hybridized carbons (Fsp3) is 0.457. The van der Waals surface area contributed by atoms with Gasteiger partial charge in [0.1, 0.15) is 95.5 Å². The van der Waals surface area contributed by atoms with Crippen LogP contribution in [-0.2, 0) is 68.5 Å². The number of amides is 8. The summed E-state index contributed by atoms with van der Waals surface area (Å²) in [4.78, 5) is 123. The van der Waals surface area contributed by atoms with Crippen LogP contribution >= 0.6 is 23.2 Å². The van der Waals surface area contributed by atoms with E-state index in [4.69, 9.17) is 78.3 Å². The number of aliphatic hydroxyl groups is 6. The molecule has 0 radical (unpaired) electrons. The number of ether oxygens (including phenoxy) is 8. The number of hydrogen-bond donors (Lipinski definition) is 20. The zero-order valence-electron chi connectivity index (χ0n) is 65.5. The van der Waals surface area contributed by atoms with E-state index in [2.05, 4.69) is 42.5 Å². The van der Waals surface area contributed by atoms with Gasteiger partial charge in [0, 0.05) is 47.7 Å². The number of nitrogens with one attached hydrogen (secondary N) is 8. The fourth-order valence-corrected chi connectivity index (χ4v) is 15.8. The normalized spacial score (nSPS) is 30.6. The highest BCUT2D eigenvalue weighted by Gasteiger charge is 2.53. The number of benzene rings is 6. The van der Waals surface area contributed by atoms with E-state index >= 15 is 28.8 Å². The van der Waals surface area contributed by atoms with E-state index in [1.54, 1.807) is 30.3 Å². The molecule has 0 saturated carbocycles. The van der Waals surface area contributed by atoms with Crippen molar-refractivity contribution in [3.05, 3.63) is 153 Å². The number of carbonyl (C=O) groups is 8. The molecular weight excluding hydrogens is 1600 g/mol. The predicted molar refractivity (Wildman–Crippen MR) is 421 cm³/mol. The lowest BCUT2D eigenvalue weighted by atomic mass is 9.86. The zero-order valence-corrected chi connectivity index (χ0v) is 67.0. The molecule has 36 nitrogen and oxygen atoms in total. The lowest BCUT2D eigenvalue weighted by molar-refractivity contribution is -0.333. The van der Waals surface area contributed by atoms with Crippen molar-refractivity contribution in [1.29, 1.82) is 0 Å². The Morgan fingerprint density at radius 3 is 1.83 bits per heavy atom. The summed E-state index contributed by atoms with van der Waals surface area (Å²) in [6.07, 6.45) is -22.4. The van der Waals surface area contributed by atoms with E-state index in [0.717, 1.165) is 54.1 Å². The maximum absolute atomic E-state index is 16.6. The van der Waals surface area contributed by atoms with E-state index in [1.165, 1.54) is 65.1 Å². The SMILES string of the molecule is CN[C@H](CC(C)C)C(=O)N[C@H]1C(=O)N[C@@H](CC(N)=O)C(=O)N[C@H]2C(=O)N[C@H]3C(=O)N[C@H](C(=O)N[C@H](C(=O)NCCc4ccccc4)c4cc(O)cc(O)c4-c4cc3ccc4O)[C@H](O[C@H]3C[C@](C)(N)[C@@H](O)[C@H](C)O3)c3ccc(c(Cl)c3)Oc3cc2cc(c3O[C@@H]2O[C@H](CO)[C@@H](O)[C@H](O)[C@H]2O[C@H]2C[C@](C)(N)[C@H](O)[C@H](C)O2)Oc2ccc(cc2Cl)[C@H]1O. The molecule has 640 valence electrons. The van der Waals surface area contributed by atoms with E-state index in [0.29, 0.717) is 0 Å². The molecule has 3 fully saturated rings. The molecule has 8 aliphatic heterocycles. The Balaban J connectivity index is 1.12. The van der Waals surface area contributed by atoms with Gasteiger partial charge in [0.15, 0.2) is 30.2 Å². The molecule has 11 bridgehead atoms. The Kier molecular flexibility index (Phi) is 27.0. The molecule has 0 aromatic heterocycles. The summed E-state index contributed by atoms with van der Waals surface area (Å²) in [6.45, 7) is 8.60. The highest BCUT2D eigenvalue weighted by molar-refractivity contribution is 6.32.